The van der Waals surface area contributed by atoms with Gasteiger partial charge in [-0.2, -0.15) is 0 Å². The molecule has 0 spiro atoms. The lowest BCUT2D eigenvalue weighted by molar-refractivity contribution is 0.0966. The van der Waals surface area contributed by atoms with Gasteiger partial charge in [-0.1, -0.05) is 48.5 Å². The molecule has 116 valence electrons. The highest BCUT2D eigenvalue weighted by molar-refractivity contribution is 8.18. The van der Waals surface area contributed by atoms with Gasteiger partial charge >= 0.3 is 0 Å². The van der Waals surface area contributed by atoms with Crippen LogP contribution < -0.4 is 5.32 Å². The fourth-order valence-corrected chi connectivity index (χ4v) is 4.96. The topological polar surface area (TPSA) is 70.0 Å². The van der Waals surface area contributed by atoms with Crippen LogP contribution in [0.2, 0.25) is 0 Å². The number of carbonyl (C=O) groups excluding carboxylic acids is 2. The lowest BCUT2D eigenvalue weighted by Crippen LogP contribution is -2.27. The van der Waals surface area contributed by atoms with Gasteiger partial charge in [-0.15, -0.1) is 11.8 Å². The predicted octanol–water partition coefficient (Wildman–Crippen LogP) is 3.55. The second kappa shape index (κ2) is 6.93. The van der Waals surface area contributed by atoms with Crippen molar-refractivity contribution in [1.29, 1.82) is 4.78 Å². The van der Waals surface area contributed by atoms with Crippen LogP contribution in [0.15, 0.2) is 71.1 Å². The number of benzene rings is 2. The van der Waals surface area contributed by atoms with Gasteiger partial charge in [0.25, 0.3) is 5.91 Å². The van der Waals surface area contributed by atoms with Crippen molar-refractivity contribution in [3.05, 3.63) is 82.2 Å². The van der Waals surface area contributed by atoms with Crippen molar-refractivity contribution in [3.8, 4) is 0 Å². The van der Waals surface area contributed by atoms with Crippen LogP contribution in [0.4, 0.5) is 0 Å². The summed E-state index contributed by atoms with van der Waals surface area (Å²) in [4.78, 5) is 24.6. The minimum atomic E-state index is -1.08. The molecular formula is C17H14N2O2S2. The summed E-state index contributed by atoms with van der Waals surface area (Å²) >= 11 is 1.30. The molecule has 2 unspecified atom stereocenters. The van der Waals surface area contributed by atoms with Crippen molar-refractivity contribution in [3.63, 3.8) is 0 Å². The van der Waals surface area contributed by atoms with Crippen LogP contribution in [0.3, 0.4) is 0 Å². The second-order valence-corrected chi connectivity index (χ2v) is 7.70. The van der Waals surface area contributed by atoms with E-state index in [0.29, 0.717) is 16.2 Å². The van der Waals surface area contributed by atoms with Crippen LogP contribution in [0.25, 0.3) is 0 Å². The van der Waals surface area contributed by atoms with Crippen molar-refractivity contribution < 1.29 is 9.59 Å². The second-order valence-electron chi connectivity index (χ2n) is 4.84. The molecule has 2 aromatic rings. The number of hydrogen-bond acceptors (Lipinski definition) is 4. The van der Waals surface area contributed by atoms with Gasteiger partial charge in [-0.25, -0.2) is 0 Å². The Bertz CT molecular complexity index is 789. The number of thioether (sulfide) groups is 1. The summed E-state index contributed by atoms with van der Waals surface area (Å²) in [7, 11) is -1.08. The predicted molar refractivity (Wildman–Crippen MR) is 94.2 cm³/mol. The number of Topliss-reactive ketones (excluding diaryl/α,β-unsaturated/α-hetero) is 1. The Morgan fingerprint density at radius 3 is 2.13 bits per heavy atom. The number of carbonyl (C=O) groups is 2. The van der Waals surface area contributed by atoms with Gasteiger partial charge in [-0.05, 0) is 22.8 Å². The number of rotatable bonds is 4. The van der Waals surface area contributed by atoms with Crippen LogP contribution in [-0.4, -0.2) is 16.3 Å². The van der Waals surface area contributed by atoms with Gasteiger partial charge in [-0.3, -0.25) is 14.4 Å². The Morgan fingerprint density at radius 1 is 0.957 bits per heavy atom. The maximum Gasteiger partial charge on any atom is 0.256 e. The van der Waals surface area contributed by atoms with Gasteiger partial charge < -0.3 is 5.32 Å². The van der Waals surface area contributed by atoms with E-state index in [2.05, 4.69) is 5.32 Å². The molecule has 1 amide bonds. The molecule has 1 heterocycles. The molecule has 0 saturated carbocycles. The summed E-state index contributed by atoms with van der Waals surface area (Å²) in [6.45, 7) is 0. The molecule has 0 radical (unpaired) electrons. The van der Waals surface area contributed by atoms with Crippen molar-refractivity contribution in [2.24, 2.45) is 0 Å². The lowest BCUT2D eigenvalue weighted by atomic mass is 10.1. The van der Waals surface area contributed by atoms with Crippen molar-refractivity contribution >= 4 is 34.1 Å². The largest absolute Gasteiger partial charge is 0.315 e. The molecule has 2 N–H and O–H groups in total. The molecule has 1 aliphatic heterocycles. The Kier molecular flexibility index (Phi) is 4.73. The third-order valence-electron chi connectivity index (χ3n) is 3.29. The SMILES string of the molecule is N=S1C(NC(=O)c2ccccc2)=CSC1C(=O)c1ccccc1. The van der Waals surface area contributed by atoms with Crippen LogP contribution >= 0.6 is 11.8 Å². The summed E-state index contributed by atoms with van der Waals surface area (Å²) in [5.41, 5.74) is 1.13. The Labute approximate surface area is 140 Å². The average molecular weight is 342 g/mol. The van der Waals surface area contributed by atoms with E-state index in [1.165, 1.54) is 11.8 Å². The van der Waals surface area contributed by atoms with E-state index in [-0.39, 0.29) is 11.7 Å². The molecule has 3 rings (SSSR count). The molecule has 4 nitrogen and oxygen atoms in total. The van der Waals surface area contributed by atoms with Crippen LogP contribution in [0, 0.1) is 4.78 Å². The zero-order valence-corrected chi connectivity index (χ0v) is 13.7. The van der Waals surface area contributed by atoms with Gasteiger partial charge in [0.1, 0.15) is 4.58 Å². The summed E-state index contributed by atoms with van der Waals surface area (Å²) in [6.07, 6.45) is 0. The zero-order chi connectivity index (χ0) is 16.2. The molecule has 2 atom stereocenters. The molecule has 0 aromatic heterocycles. The number of ketones is 1. The first-order chi connectivity index (χ1) is 11.2. The first kappa shape index (κ1) is 15.7. The average Bonchev–Trinajstić information content (AvgIpc) is 2.96. The van der Waals surface area contributed by atoms with Crippen molar-refractivity contribution in [2.75, 3.05) is 0 Å². The Balaban J connectivity index is 1.69. The third-order valence-corrected chi connectivity index (χ3v) is 6.52. The summed E-state index contributed by atoms with van der Waals surface area (Å²) in [5, 5.41) is 4.96. The smallest absolute Gasteiger partial charge is 0.256 e. The lowest BCUT2D eigenvalue weighted by Gasteiger charge is -2.12. The molecule has 1 aliphatic rings. The first-order valence-corrected chi connectivity index (χ1v) is 9.15. The van der Waals surface area contributed by atoms with E-state index in [1.807, 2.05) is 12.1 Å². The molecule has 2 aromatic carbocycles. The summed E-state index contributed by atoms with van der Waals surface area (Å²) < 4.78 is 7.79. The minimum absolute atomic E-state index is 0.0749. The van der Waals surface area contributed by atoms with E-state index < -0.39 is 15.3 Å². The maximum absolute atomic E-state index is 12.5. The maximum atomic E-state index is 12.5. The molecule has 23 heavy (non-hydrogen) atoms. The van der Waals surface area contributed by atoms with Crippen molar-refractivity contribution in [1.82, 2.24) is 5.32 Å². The van der Waals surface area contributed by atoms with E-state index in [1.54, 1.807) is 53.9 Å². The molecular weight excluding hydrogens is 328 g/mol. The first-order valence-electron chi connectivity index (χ1n) is 6.92. The van der Waals surface area contributed by atoms with Gasteiger partial charge in [0.15, 0.2) is 5.78 Å². The number of hydrogen-bond donors (Lipinski definition) is 2. The van der Waals surface area contributed by atoms with Crippen LogP contribution in [0.1, 0.15) is 20.7 Å². The van der Waals surface area contributed by atoms with Crippen LogP contribution in [-0.2, 0) is 10.7 Å². The highest BCUT2D eigenvalue weighted by Gasteiger charge is 2.31. The van der Waals surface area contributed by atoms with Crippen LogP contribution in [0.5, 0.6) is 0 Å². The molecule has 0 aliphatic carbocycles. The monoisotopic (exact) mass is 342 g/mol. The Hall–Kier alpha value is -2.18. The van der Waals surface area contributed by atoms with Crippen molar-refractivity contribution in [2.45, 2.75) is 4.58 Å². The van der Waals surface area contributed by atoms with Gasteiger partial charge in [0.05, 0.1) is 5.03 Å². The van der Waals surface area contributed by atoms with E-state index in [0.717, 1.165) is 0 Å². The molecule has 0 fully saturated rings. The Morgan fingerprint density at radius 2 is 1.52 bits per heavy atom. The quantitative estimate of drug-likeness (QED) is 0.835. The van der Waals surface area contributed by atoms with Gasteiger partial charge in [0, 0.05) is 16.5 Å². The minimum Gasteiger partial charge on any atom is -0.315 e. The molecule has 0 saturated heterocycles. The standard InChI is InChI=1S/C17H14N2O2S2/c18-23-14(19-16(21)13-9-5-2-6-10-13)11-22-17(23)15(20)12-7-3-1-4-8-12/h1-11,17-18H,(H,19,21). The summed E-state index contributed by atoms with van der Waals surface area (Å²) in [5.74, 6) is -0.329. The van der Waals surface area contributed by atoms with Gasteiger partial charge in [0.2, 0.25) is 0 Å². The fraction of sp³-hybridized carbons (Fsp3) is 0.0588. The number of amides is 1. The van der Waals surface area contributed by atoms with E-state index in [9.17, 15) is 9.59 Å². The zero-order valence-electron chi connectivity index (χ0n) is 12.1. The number of nitrogens with one attached hydrogen (secondary N) is 2. The third kappa shape index (κ3) is 3.43. The highest BCUT2D eigenvalue weighted by atomic mass is 32.2. The van der Waals surface area contributed by atoms with E-state index >= 15 is 0 Å². The fourth-order valence-electron chi connectivity index (χ4n) is 2.11. The molecule has 6 heteroatoms. The molecule has 0 bridgehead atoms. The normalized spacial score (nSPS) is 19.9. The van der Waals surface area contributed by atoms with E-state index in [4.69, 9.17) is 4.78 Å². The summed E-state index contributed by atoms with van der Waals surface area (Å²) in [6, 6.07) is 17.8. The highest BCUT2D eigenvalue weighted by Crippen LogP contribution is 2.32.